The van der Waals surface area contributed by atoms with E-state index in [1.807, 2.05) is 25.1 Å². The second-order valence-corrected chi connectivity index (χ2v) is 6.72. The fraction of sp³-hybridized carbons (Fsp3) is 0.300. The predicted octanol–water partition coefficient (Wildman–Crippen LogP) is 2.94. The van der Waals surface area contributed by atoms with Crippen LogP contribution in [0.3, 0.4) is 0 Å². The molecule has 6 heteroatoms. The lowest BCUT2D eigenvalue weighted by Gasteiger charge is -2.11. The number of rotatable bonds is 5. The summed E-state index contributed by atoms with van der Waals surface area (Å²) in [6.45, 7) is 2.63. The lowest BCUT2D eigenvalue weighted by atomic mass is 10.1. The molecule has 0 bridgehead atoms. The maximum atomic E-state index is 12.6. The number of ether oxygens (including phenoxy) is 2. The molecule has 1 fully saturated rings. The quantitative estimate of drug-likeness (QED) is 0.867. The van der Waals surface area contributed by atoms with Crippen molar-refractivity contribution >= 4 is 17.5 Å². The lowest BCUT2D eigenvalue weighted by molar-refractivity contribution is -0.117. The van der Waals surface area contributed by atoms with Gasteiger partial charge < -0.3 is 20.1 Å². The number of anilines is 1. The molecule has 2 atom stereocenters. The molecule has 0 spiro atoms. The van der Waals surface area contributed by atoms with E-state index in [4.69, 9.17) is 9.47 Å². The Balaban J connectivity index is 1.42. The van der Waals surface area contributed by atoms with E-state index in [0.717, 1.165) is 12.0 Å². The zero-order chi connectivity index (χ0) is 18.1. The molecule has 2 aromatic rings. The summed E-state index contributed by atoms with van der Waals surface area (Å²) in [5.41, 5.74) is 1.91. The number of carbonyl (C=O) groups is 2. The highest BCUT2D eigenvalue weighted by Crippen LogP contribution is 2.38. The number of fused-ring (bicyclic) bond motifs is 1. The van der Waals surface area contributed by atoms with Gasteiger partial charge in [0.05, 0.1) is 11.3 Å². The predicted molar refractivity (Wildman–Crippen MR) is 96.1 cm³/mol. The number of carbonyl (C=O) groups excluding carboxylic acids is 2. The van der Waals surface area contributed by atoms with Crippen molar-refractivity contribution in [1.82, 2.24) is 5.32 Å². The summed E-state index contributed by atoms with van der Waals surface area (Å²) in [6, 6.07) is 12.6. The molecule has 4 rings (SSSR count). The zero-order valence-electron chi connectivity index (χ0n) is 14.5. The summed E-state index contributed by atoms with van der Waals surface area (Å²) < 4.78 is 10.6. The first-order valence-corrected chi connectivity index (χ1v) is 8.68. The molecule has 0 aromatic heterocycles. The number of hydrogen-bond donors (Lipinski definition) is 2. The van der Waals surface area contributed by atoms with Gasteiger partial charge in [-0.15, -0.1) is 0 Å². The molecule has 2 aliphatic rings. The second kappa shape index (κ2) is 6.71. The van der Waals surface area contributed by atoms with Crippen molar-refractivity contribution in [3.8, 4) is 11.5 Å². The first kappa shape index (κ1) is 16.4. The maximum Gasteiger partial charge on any atom is 0.253 e. The molecule has 134 valence electrons. The molecule has 2 N–H and O–H groups in total. The van der Waals surface area contributed by atoms with E-state index >= 15 is 0 Å². The topological polar surface area (TPSA) is 76.7 Å². The van der Waals surface area contributed by atoms with Crippen LogP contribution in [-0.4, -0.2) is 18.6 Å². The third-order valence-corrected chi connectivity index (χ3v) is 4.77. The van der Waals surface area contributed by atoms with Gasteiger partial charge in [0, 0.05) is 12.5 Å². The summed E-state index contributed by atoms with van der Waals surface area (Å²) in [7, 11) is 0. The van der Waals surface area contributed by atoms with Crippen LogP contribution in [0.15, 0.2) is 42.5 Å². The molecule has 0 unspecified atom stereocenters. The molecule has 1 aliphatic heterocycles. The number of amides is 2. The molecule has 0 saturated heterocycles. The van der Waals surface area contributed by atoms with Gasteiger partial charge >= 0.3 is 0 Å². The minimum Gasteiger partial charge on any atom is -0.454 e. The summed E-state index contributed by atoms with van der Waals surface area (Å²) in [5, 5.41) is 5.77. The number of benzene rings is 2. The van der Waals surface area contributed by atoms with Crippen LogP contribution in [0.5, 0.6) is 11.5 Å². The monoisotopic (exact) mass is 352 g/mol. The van der Waals surface area contributed by atoms with E-state index in [2.05, 4.69) is 10.6 Å². The van der Waals surface area contributed by atoms with E-state index in [1.54, 1.807) is 24.3 Å². The van der Waals surface area contributed by atoms with Gasteiger partial charge in [-0.2, -0.15) is 0 Å². The van der Waals surface area contributed by atoms with Crippen LogP contribution in [0.1, 0.15) is 29.3 Å². The van der Waals surface area contributed by atoms with E-state index in [0.29, 0.717) is 35.2 Å². The lowest BCUT2D eigenvalue weighted by Crippen LogP contribution is -2.25. The van der Waals surface area contributed by atoms with E-state index in [1.165, 1.54) is 0 Å². The Hall–Kier alpha value is -3.02. The van der Waals surface area contributed by atoms with Crippen LogP contribution >= 0.6 is 0 Å². The van der Waals surface area contributed by atoms with Gasteiger partial charge in [0.2, 0.25) is 12.7 Å². The highest BCUT2D eigenvalue weighted by molar-refractivity contribution is 6.04. The molecule has 1 aliphatic carbocycles. The van der Waals surface area contributed by atoms with E-state index < -0.39 is 0 Å². The maximum absolute atomic E-state index is 12.6. The highest BCUT2D eigenvalue weighted by atomic mass is 16.7. The molecule has 0 radical (unpaired) electrons. The summed E-state index contributed by atoms with van der Waals surface area (Å²) in [4.78, 5) is 24.8. The summed E-state index contributed by atoms with van der Waals surface area (Å²) in [6.07, 6.45) is 0.907. The summed E-state index contributed by atoms with van der Waals surface area (Å²) >= 11 is 0. The van der Waals surface area contributed by atoms with Gasteiger partial charge in [-0.1, -0.05) is 25.1 Å². The number of para-hydroxylation sites is 1. The average Bonchev–Trinajstić information content (AvgIpc) is 3.20. The van der Waals surface area contributed by atoms with Crippen molar-refractivity contribution in [2.45, 2.75) is 19.9 Å². The Kier molecular flexibility index (Phi) is 4.24. The van der Waals surface area contributed by atoms with Crippen molar-refractivity contribution in [3.63, 3.8) is 0 Å². The third-order valence-electron chi connectivity index (χ3n) is 4.77. The van der Waals surface area contributed by atoms with Crippen molar-refractivity contribution in [3.05, 3.63) is 53.6 Å². The van der Waals surface area contributed by atoms with Gasteiger partial charge in [-0.25, -0.2) is 0 Å². The Morgan fingerprint density at radius 3 is 2.69 bits per heavy atom. The van der Waals surface area contributed by atoms with E-state index in [9.17, 15) is 9.59 Å². The fourth-order valence-corrected chi connectivity index (χ4v) is 3.03. The molecule has 1 saturated carbocycles. The molecule has 2 amide bonds. The van der Waals surface area contributed by atoms with Crippen molar-refractivity contribution in [1.29, 1.82) is 0 Å². The normalized spacial score (nSPS) is 19.7. The van der Waals surface area contributed by atoms with Crippen molar-refractivity contribution in [2.75, 3.05) is 12.1 Å². The Labute approximate surface area is 151 Å². The van der Waals surface area contributed by atoms with Gasteiger partial charge in [0.15, 0.2) is 11.5 Å². The van der Waals surface area contributed by atoms with Crippen LogP contribution in [0, 0.1) is 11.8 Å². The highest BCUT2D eigenvalue weighted by Gasteiger charge is 2.39. The van der Waals surface area contributed by atoms with Crippen LogP contribution in [0.4, 0.5) is 5.69 Å². The Bertz CT molecular complexity index is 865. The average molecular weight is 352 g/mol. The van der Waals surface area contributed by atoms with Crippen LogP contribution in [-0.2, 0) is 11.3 Å². The van der Waals surface area contributed by atoms with Gasteiger partial charge in [-0.3, -0.25) is 9.59 Å². The van der Waals surface area contributed by atoms with E-state index in [-0.39, 0.29) is 24.5 Å². The fourth-order valence-electron chi connectivity index (χ4n) is 3.03. The largest absolute Gasteiger partial charge is 0.454 e. The molecule has 2 aromatic carbocycles. The zero-order valence-corrected chi connectivity index (χ0v) is 14.5. The van der Waals surface area contributed by atoms with Gasteiger partial charge in [-0.05, 0) is 42.2 Å². The smallest absolute Gasteiger partial charge is 0.253 e. The Morgan fingerprint density at radius 2 is 1.88 bits per heavy atom. The van der Waals surface area contributed by atoms with Crippen LogP contribution < -0.4 is 20.1 Å². The molecule has 26 heavy (non-hydrogen) atoms. The Morgan fingerprint density at radius 1 is 1.12 bits per heavy atom. The molecule has 1 heterocycles. The summed E-state index contributed by atoms with van der Waals surface area (Å²) in [5.74, 6) is 1.61. The minimum atomic E-state index is -0.234. The van der Waals surface area contributed by atoms with Crippen molar-refractivity contribution < 1.29 is 19.1 Å². The van der Waals surface area contributed by atoms with Gasteiger partial charge in [0.1, 0.15) is 0 Å². The first-order chi connectivity index (χ1) is 12.6. The standard InChI is InChI=1S/C20H20N2O4/c1-12-8-15(12)20(24)22-16-5-3-2-4-14(16)19(23)21-10-13-6-7-17-18(9-13)26-11-25-17/h2-7,9,12,15H,8,10-11H2,1H3,(H,21,23)(H,22,24)/t12-,15+/m0/s1. The molecule has 6 nitrogen and oxygen atoms in total. The van der Waals surface area contributed by atoms with Crippen molar-refractivity contribution in [2.24, 2.45) is 11.8 Å². The van der Waals surface area contributed by atoms with Crippen LogP contribution in [0.25, 0.3) is 0 Å². The molecular weight excluding hydrogens is 332 g/mol. The minimum absolute atomic E-state index is 0.0199. The first-order valence-electron chi connectivity index (χ1n) is 8.68. The second-order valence-electron chi connectivity index (χ2n) is 6.72. The third kappa shape index (κ3) is 3.35. The molecular formula is C20H20N2O4. The number of hydrogen-bond acceptors (Lipinski definition) is 4. The van der Waals surface area contributed by atoms with Gasteiger partial charge in [0.25, 0.3) is 5.91 Å². The van der Waals surface area contributed by atoms with Crippen LogP contribution in [0.2, 0.25) is 0 Å². The SMILES string of the molecule is C[C@H]1C[C@H]1C(=O)Nc1ccccc1C(=O)NCc1ccc2c(c1)OCO2. The number of nitrogens with one attached hydrogen (secondary N) is 2.